The number of ketones is 1. The Balaban J connectivity index is 1.30. The van der Waals surface area contributed by atoms with Gasteiger partial charge in [-0.1, -0.05) is 42.5 Å². The Hall–Kier alpha value is -2.66. The maximum atomic E-state index is 12.3. The third-order valence-electron chi connectivity index (χ3n) is 5.51. The molecular weight excluding hydrogens is 354 g/mol. The van der Waals surface area contributed by atoms with Crippen LogP contribution in [0.4, 0.5) is 10.5 Å². The molecule has 1 aliphatic heterocycles. The van der Waals surface area contributed by atoms with Crippen LogP contribution in [-0.4, -0.2) is 31.1 Å². The van der Waals surface area contributed by atoms with E-state index in [-0.39, 0.29) is 12.2 Å². The van der Waals surface area contributed by atoms with Crippen LogP contribution in [0.1, 0.15) is 42.7 Å². The predicted molar refractivity (Wildman–Crippen MR) is 106 cm³/mol. The van der Waals surface area contributed by atoms with E-state index in [0.29, 0.717) is 44.3 Å². The Morgan fingerprint density at radius 3 is 2.39 bits per heavy atom. The van der Waals surface area contributed by atoms with E-state index < -0.39 is 0 Å². The number of Topliss-reactive ketones (excluding diaryl/α,β-unsaturated/α-hetero) is 1. The summed E-state index contributed by atoms with van der Waals surface area (Å²) in [6.45, 7) is 1.38. The van der Waals surface area contributed by atoms with Gasteiger partial charge in [0.15, 0.2) is 0 Å². The van der Waals surface area contributed by atoms with Gasteiger partial charge in [-0.3, -0.25) is 9.69 Å². The number of carbonyl (C=O) groups is 2. The largest absolute Gasteiger partial charge is 0.441 e. The van der Waals surface area contributed by atoms with Gasteiger partial charge < -0.3 is 9.47 Å². The van der Waals surface area contributed by atoms with Crippen LogP contribution < -0.4 is 4.90 Å². The van der Waals surface area contributed by atoms with Crippen molar-refractivity contribution in [1.82, 2.24) is 0 Å². The Labute approximate surface area is 165 Å². The van der Waals surface area contributed by atoms with Crippen molar-refractivity contribution in [2.24, 2.45) is 0 Å². The number of cyclic esters (lactones) is 1. The summed E-state index contributed by atoms with van der Waals surface area (Å²) in [5, 5.41) is 0. The van der Waals surface area contributed by atoms with Gasteiger partial charge in [0, 0.05) is 18.5 Å². The number of hydrogen-bond donors (Lipinski definition) is 0. The molecular formula is C23H25NO4. The fourth-order valence-electron chi connectivity index (χ4n) is 3.90. The lowest BCUT2D eigenvalue weighted by Gasteiger charge is -2.22. The number of carbonyl (C=O) groups excluding carboxylic acids is 2. The second kappa shape index (κ2) is 8.57. The van der Waals surface area contributed by atoms with Gasteiger partial charge in [0.2, 0.25) is 0 Å². The highest BCUT2D eigenvalue weighted by Gasteiger charge is 2.32. The van der Waals surface area contributed by atoms with Gasteiger partial charge in [0.1, 0.15) is 11.9 Å². The molecule has 0 aromatic heterocycles. The summed E-state index contributed by atoms with van der Waals surface area (Å²) >= 11 is 0. The molecule has 1 atom stereocenters. The van der Waals surface area contributed by atoms with Crippen molar-refractivity contribution in [3.63, 3.8) is 0 Å². The zero-order chi connectivity index (χ0) is 19.3. The summed E-state index contributed by atoms with van der Waals surface area (Å²) in [6, 6.07) is 18.0. The standard InChI is InChI=1S/C23H25NO4/c25-21-12-8-19(9-13-21)18-6-10-20(11-7-18)24-14-22(28-23(24)26)16-27-15-17-4-2-1-3-5-17/h1-7,10-11,19,22H,8-9,12-16H2/t22-/m0/s1. The van der Waals surface area contributed by atoms with Gasteiger partial charge in [-0.15, -0.1) is 0 Å². The van der Waals surface area contributed by atoms with Crippen LogP contribution in [0.15, 0.2) is 54.6 Å². The first-order chi connectivity index (χ1) is 13.7. The highest BCUT2D eigenvalue weighted by Crippen LogP contribution is 2.32. The molecule has 0 N–H and O–H groups in total. The molecule has 1 aliphatic carbocycles. The Morgan fingerprint density at radius 2 is 1.68 bits per heavy atom. The number of anilines is 1. The zero-order valence-corrected chi connectivity index (χ0v) is 15.9. The Morgan fingerprint density at radius 1 is 0.964 bits per heavy atom. The van der Waals surface area contributed by atoms with E-state index in [1.54, 1.807) is 4.90 Å². The van der Waals surface area contributed by atoms with Crippen LogP contribution in [0.2, 0.25) is 0 Å². The molecule has 0 radical (unpaired) electrons. The average molecular weight is 379 g/mol. The van der Waals surface area contributed by atoms with Crippen LogP contribution in [0.5, 0.6) is 0 Å². The summed E-state index contributed by atoms with van der Waals surface area (Å²) in [6.07, 6.45) is 2.60. The van der Waals surface area contributed by atoms with Crippen molar-refractivity contribution in [2.75, 3.05) is 18.1 Å². The monoisotopic (exact) mass is 379 g/mol. The van der Waals surface area contributed by atoms with Crippen molar-refractivity contribution in [1.29, 1.82) is 0 Å². The molecule has 0 spiro atoms. The van der Waals surface area contributed by atoms with Crippen LogP contribution in [0.3, 0.4) is 0 Å². The summed E-state index contributed by atoms with van der Waals surface area (Å²) < 4.78 is 11.2. The molecule has 146 valence electrons. The molecule has 2 aliphatic rings. The highest BCUT2D eigenvalue weighted by atomic mass is 16.6. The van der Waals surface area contributed by atoms with Crippen LogP contribution >= 0.6 is 0 Å². The molecule has 28 heavy (non-hydrogen) atoms. The number of benzene rings is 2. The molecule has 1 heterocycles. The minimum atomic E-state index is -0.329. The van der Waals surface area contributed by atoms with E-state index in [1.165, 1.54) is 5.56 Å². The minimum Gasteiger partial charge on any atom is -0.441 e. The lowest BCUT2D eigenvalue weighted by molar-refractivity contribution is -0.120. The number of ether oxygens (including phenoxy) is 2. The molecule has 2 fully saturated rings. The van der Waals surface area contributed by atoms with E-state index in [2.05, 4.69) is 12.1 Å². The van der Waals surface area contributed by atoms with Gasteiger partial charge in [0.25, 0.3) is 0 Å². The first-order valence-electron chi connectivity index (χ1n) is 9.90. The molecule has 2 aromatic carbocycles. The first-order valence-corrected chi connectivity index (χ1v) is 9.90. The summed E-state index contributed by atoms with van der Waals surface area (Å²) in [7, 11) is 0. The van der Waals surface area contributed by atoms with Gasteiger partial charge in [0.05, 0.1) is 19.8 Å². The van der Waals surface area contributed by atoms with Gasteiger partial charge >= 0.3 is 6.09 Å². The van der Waals surface area contributed by atoms with E-state index in [0.717, 1.165) is 24.1 Å². The summed E-state index contributed by atoms with van der Waals surface area (Å²) in [5.74, 6) is 0.810. The average Bonchev–Trinajstić information content (AvgIpc) is 3.10. The smallest absolute Gasteiger partial charge is 0.414 e. The van der Waals surface area contributed by atoms with Gasteiger partial charge in [-0.2, -0.15) is 0 Å². The molecule has 0 unspecified atom stereocenters. The Kier molecular flexibility index (Phi) is 5.72. The molecule has 1 saturated heterocycles. The van der Waals surface area contributed by atoms with E-state index >= 15 is 0 Å². The van der Waals surface area contributed by atoms with Gasteiger partial charge in [-0.05, 0) is 42.0 Å². The highest BCUT2D eigenvalue weighted by molar-refractivity contribution is 5.89. The number of nitrogens with zero attached hydrogens (tertiary/aromatic N) is 1. The molecule has 0 bridgehead atoms. The van der Waals surface area contributed by atoms with E-state index in [4.69, 9.17) is 9.47 Å². The second-order valence-electron chi connectivity index (χ2n) is 7.52. The number of amides is 1. The number of hydrogen-bond acceptors (Lipinski definition) is 4. The summed E-state index contributed by atoms with van der Waals surface area (Å²) in [4.78, 5) is 25.3. The lowest BCUT2D eigenvalue weighted by atomic mass is 9.83. The molecule has 5 nitrogen and oxygen atoms in total. The fourth-order valence-corrected chi connectivity index (χ4v) is 3.90. The maximum Gasteiger partial charge on any atom is 0.414 e. The zero-order valence-electron chi connectivity index (χ0n) is 15.9. The first kappa shape index (κ1) is 18.7. The van der Waals surface area contributed by atoms with Crippen LogP contribution in [0.25, 0.3) is 0 Å². The predicted octanol–water partition coefficient (Wildman–Crippen LogP) is 4.46. The normalized spacial score (nSPS) is 20.4. The molecule has 1 amide bonds. The summed E-state index contributed by atoms with van der Waals surface area (Å²) in [5.41, 5.74) is 3.18. The van der Waals surface area contributed by atoms with Crippen LogP contribution in [0, 0.1) is 0 Å². The number of rotatable bonds is 6. The maximum absolute atomic E-state index is 12.3. The van der Waals surface area contributed by atoms with Gasteiger partial charge in [-0.25, -0.2) is 4.79 Å². The third-order valence-corrected chi connectivity index (χ3v) is 5.51. The lowest BCUT2D eigenvalue weighted by Crippen LogP contribution is -2.25. The molecule has 2 aromatic rings. The SMILES string of the molecule is O=C1CCC(c2ccc(N3C[C@@H](COCc4ccccc4)OC3=O)cc2)CC1. The second-order valence-corrected chi connectivity index (χ2v) is 7.52. The molecule has 5 heteroatoms. The van der Waals surface area contributed by atoms with E-state index in [1.807, 2.05) is 42.5 Å². The van der Waals surface area contributed by atoms with Crippen molar-refractivity contribution < 1.29 is 19.1 Å². The minimum absolute atomic E-state index is 0.264. The Bertz CT molecular complexity index is 808. The van der Waals surface area contributed by atoms with Crippen molar-refractivity contribution in [3.05, 3.63) is 65.7 Å². The fraction of sp³-hybridized carbons (Fsp3) is 0.391. The van der Waals surface area contributed by atoms with E-state index in [9.17, 15) is 9.59 Å². The third kappa shape index (κ3) is 4.42. The molecule has 1 saturated carbocycles. The van der Waals surface area contributed by atoms with Crippen molar-refractivity contribution in [2.45, 2.75) is 44.3 Å². The van der Waals surface area contributed by atoms with Crippen LogP contribution in [-0.2, 0) is 20.9 Å². The topological polar surface area (TPSA) is 55.8 Å². The van der Waals surface area contributed by atoms with Crippen molar-refractivity contribution in [3.8, 4) is 0 Å². The van der Waals surface area contributed by atoms with Crippen molar-refractivity contribution >= 4 is 17.6 Å². The quantitative estimate of drug-likeness (QED) is 0.744. The molecule has 4 rings (SSSR count).